The Labute approximate surface area is 116 Å². The predicted molar refractivity (Wildman–Crippen MR) is 71.7 cm³/mol. The van der Waals surface area contributed by atoms with Crippen molar-refractivity contribution >= 4 is 5.97 Å². The molecule has 1 aliphatic heterocycles. The van der Waals surface area contributed by atoms with E-state index in [2.05, 4.69) is 10.4 Å². The lowest BCUT2D eigenvalue weighted by atomic mass is 10.1. The predicted octanol–water partition coefficient (Wildman–Crippen LogP) is 1.34. The molecular weight excluding hydrogens is 258 g/mol. The van der Waals surface area contributed by atoms with Crippen molar-refractivity contribution in [2.45, 2.75) is 12.6 Å². The van der Waals surface area contributed by atoms with Gasteiger partial charge in [-0.25, -0.2) is 4.79 Å². The average molecular weight is 273 g/mol. The molecular formula is C14H15N3O3. The van der Waals surface area contributed by atoms with Gasteiger partial charge in [0.05, 0.1) is 17.9 Å². The molecule has 1 aromatic heterocycles. The molecule has 2 heterocycles. The Kier molecular flexibility index (Phi) is 3.15. The molecule has 1 aromatic carbocycles. The van der Waals surface area contributed by atoms with Crippen molar-refractivity contribution in [2.75, 3.05) is 6.61 Å². The quantitative estimate of drug-likeness (QED) is 0.879. The van der Waals surface area contributed by atoms with Gasteiger partial charge in [-0.2, -0.15) is 5.10 Å². The molecule has 0 saturated carbocycles. The summed E-state index contributed by atoms with van der Waals surface area (Å²) in [4.78, 5) is 11.1. The molecule has 6 heteroatoms. The monoisotopic (exact) mass is 273 g/mol. The molecule has 2 aromatic rings. The van der Waals surface area contributed by atoms with Crippen molar-refractivity contribution in [3.8, 4) is 5.75 Å². The van der Waals surface area contributed by atoms with Crippen LogP contribution in [0.1, 0.15) is 27.7 Å². The van der Waals surface area contributed by atoms with Gasteiger partial charge in [0.25, 0.3) is 0 Å². The first kappa shape index (κ1) is 12.7. The van der Waals surface area contributed by atoms with E-state index in [4.69, 9.17) is 9.84 Å². The van der Waals surface area contributed by atoms with E-state index in [0.717, 1.165) is 11.3 Å². The lowest BCUT2D eigenvalue weighted by molar-refractivity contribution is 0.0695. The zero-order valence-corrected chi connectivity index (χ0v) is 11.0. The zero-order chi connectivity index (χ0) is 14.1. The number of hydrogen-bond acceptors (Lipinski definition) is 4. The van der Waals surface area contributed by atoms with Crippen molar-refractivity contribution in [3.05, 3.63) is 47.3 Å². The Morgan fingerprint density at radius 2 is 2.35 bits per heavy atom. The van der Waals surface area contributed by atoms with E-state index in [1.54, 1.807) is 11.7 Å². The van der Waals surface area contributed by atoms with Gasteiger partial charge in [-0.1, -0.05) is 18.2 Å². The van der Waals surface area contributed by atoms with E-state index in [-0.39, 0.29) is 11.6 Å². The number of benzene rings is 1. The summed E-state index contributed by atoms with van der Waals surface area (Å²) in [7, 11) is 1.74. The van der Waals surface area contributed by atoms with Crippen molar-refractivity contribution in [3.63, 3.8) is 0 Å². The summed E-state index contributed by atoms with van der Waals surface area (Å²) in [5.74, 6) is -0.0774. The molecule has 1 atom stereocenters. The molecule has 1 unspecified atom stereocenters. The van der Waals surface area contributed by atoms with Gasteiger partial charge in [-0.05, 0) is 6.07 Å². The molecule has 0 radical (unpaired) electrons. The number of ether oxygens (including phenoxy) is 1. The summed E-state index contributed by atoms with van der Waals surface area (Å²) in [5.41, 5.74) is 1.99. The van der Waals surface area contributed by atoms with Crippen LogP contribution in [0.4, 0.5) is 0 Å². The van der Waals surface area contributed by atoms with E-state index in [9.17, 15) is 4.79 Å². The topological polar surface area (TPSA) is 76.4 Å². The third-order valence-electron chi connectivity index (χ3n) is 3.51. The van der Waals surface area contributed by atoms with Crippen LogP contribution in [0.25, 0.3) is 0 Å². The van der Waals surface area contributed by atoms with Gasteiger partial charge >= 0.3 is 5.97 Å². The van der Waals surface area contributed by atoms with Crippen molar-refractivity contribution in [2.24, 2.45) is 7.05 Å². The third-order valence-corrected chi connectivity index (χ3v) is 3.51. The number of carboxylic acids is 1. The van der Waals surface area contributed by atoms with E-state index < -0.39 is 5.97 Å². The van der Waals surface area contributed by atoms with Gasteiger partial charge in [0.2, 0.25) is 0 Å². The smallest absolute Gasteiger partial charge is 0.339 e. The molecule has 0 amide bonds. The largest absolute Gasteiger partial charge is 0.491 e. The van der Waals surface area contributed by atoms with Gasteiger partial charge in [0.15, 0.2) is 0 Å². The van der Waals surface area contributed by atoms with Gasteiger partial charge in [-0.15, -0.1) is 0 Å². The molecule has 0 saturated heterocycles. The van der Waals surface area contributed by atoms with Crippen LogP contribution in [0, 0.1) is 0 Å². The van der Waals surface area contributed by atoms with Gasteiger partial charge < -0.3 is 15.2 Å². The lowest BCUT2D eigenvalue weighted by Crippen LogP contribution is -2.24. The Morgan fingerprint density at radius 1 is 1.55 bits per heavy atom. The standard InChI is InChI=1S/C14H15N3O3/c1-17-12(10(6-16-17)14(18)19)7-15-11-8-20-13-5-3-2-4-9(11)13/h2-6,11,15H,7-8H2,1H3,(H,18,19). The number of aromatic nitrogens is 2. The molecule has 3 rings (SSSR count). The van der Waals surface area contributed by atoms with Crippen LogP contribution in [0.3, 0.4) is 0 Å². The summed E-state index contributed by atoms with van der Waals surface area (Å²) in [5, 5.41) is 16.4. The number of nitrogens with zero attached hydrogens (tertiary/aromatic N) is 2. The highest BCUT2D eigenvalue weighted by Crippen LogP contribution is 2.31. The van der Waals surface area contributed by atoms with E-state index in [1.807, 2.05) is 24.3 Å². The summed E-state index contributed by atoms with van der Waals surface area (Å²) < 4.78 is 7.17. The lowest BCUT2D eigenvalue weighted by Gasteiger charge is -2.12. The molecule has 0 spiro atoms. The van der Waals surface area contributed by atoms with E-state index >= 15 is 0 Å². The Bertz CT molecular complexity index is 651. The third kappa shape index (κ3) is 2.14. The first-order valence-corrected chi connectivity index (χ1v) is 6.36. The van der Waals surface area contributed by atoms with Gasteiger partial charge in [0.1, 0.15) is 17.9 Å². The summed E-state index contributed by atoms with van der Waals surface area (Å²) in [6.45, 7) is 0.986. The maximum atomic E-state index is 11.1. The minimum atomic E-state index is -0.960. The normalized spacial score (nSPS) is 16.8. The van der Waals surface area contributed by atoms with E-state index in [1.165, 1.54) is 6.20 Å². The molecule has 104 valence electrons. The van der Waals surface area contributed by atoms with Crippen molar-refractivity contribution < 1.29 is 14.6 Å². The van der Waals surface area contributed by atoms with Crippen LogP contribution >= 0.6 is 0 Å². The number of para-hydroxylation sites is 1. The number of aryl methyl sites for hydroxylation is 1. The number of carboxylic acid groups (broad SMARTS) is 1. The maximum Gasteiger partial charge on any atom is 0.339 e. The highest BCUT2D eigenvalue weighted by Gasteiger charge is 2.24. The molecule has 2 N–H and O–H groups in total. The Morgan fingerprint density at radius 3 is 3.15 bits per heavy atom. The van der Waals surface area contributed by atoms with Gasteiger partial charge in [-0.3, -0.25) is 4.68 Å². The number of rotatable bonds is 4. The van der Waals surface area contributed by atoms with Crippen LogP contribution in [0.5, 0.6) is 5.75 Å². The molecule has 20 heavy (non-hydrogen) atoms. The second-order valence-corrected chi connectivity index (χ2v) is 4.72. The number of aromatic carboxylic acids is 1. The first-order valence-electron chi connectivity index (χ1n) is 6.36. The second kappa shape index (κ2) is 4.97. The summed E-state index contributed by atoms with van der Waals surface area (Å²) in [6, 6.07) is 7.92. The van der Waals surface area contributed by atoms with Gasteiger partial charge in [0, 0.05) is 19.2 Å². The number of carbonyl (C=O) groups is 1. The number of nitrogens with one attached hydrogen (secondary N) is 1. The minimum Gasteiger partial charge on any atom is -0.491 e. The Balaban J connectivity index is 1.75. The van der Waals surface area contributed by atoms with Crippen LogP contribution in [-0.4, -0.2) is 27.5 Å². The average Bonchev–Trinajstić information content (AvgIpc) is 3.00. The molecule has 6 nitrogen and oxygen atoms in total. The number of hydrogen-bond donors (Lipinski definition) is 2. The highest BCUT2D eigenvalue weighted by molar-refractivity contribution is 5.88. The van der Waals surface area contributed by atoms with Crippen LogP contribution in [0.15, 0.2) is 30.5 Å². The maximum absolute atomic E-state index is 11.1. The molecule has 0 fully saturated rings. The summed E-state index contributed by atoms with van der Waals surface area (Å²) in [6.07, 6.45) is 1.37. The molecule has 0 aliphatic carbocycles. The first-order chi connectivity index (χ1) is 9.66. The zero-order valence-electron chi connectivity index (χ0n) is 11.0. The van der Waals surface area contributed by atoms with Crippen LogP contribution in [-0.2, 0) is 13.6 Å². The minimum absolute atomic E-state index is 0.0720. The molecule has 0 bridgehead atoms. The fourth-order valence-electron chi connectivity index (χ4n) is 2.40. The van der Waals surface area contributed by atoms with Crippen LogP contribution < -0.4 is 10.1 Å². The van der Waals surface area contributed by atoms with Crippen molar-refractivity contribution in [1.29, 1.82) is 0 Å². The molecule has 1 aliphatic rings. The number of fused-ring (bicyclic) bond motifs is 1. The summed E-state index contributed by atoms with van der Waals surface area (Å²) >= 11 is 0. The van der Waals surface area contributed by atoms with Crippen molar-refractivity contribution in [1.82, 2.24) is 15.1 Å². The highest BCUT2D eigenvalue weighted by atomic mass is 16.5. The fraction of sp³-hybridized carbons (Fsp3) is 0.286. The SMILES string of the molecule is Cn1ncc(C(=O)O)c1CNC1COc2ccccc21. The second-order valence-electron chi connectivity index (χ2n) is 4.72. The Hall–Kier alpha value is -2.34. The van der Waals surface area contributed by atoms with E-state index in [0.29, 0.717) is 18.8 Å². The fourth-order valence-corrected chi connectivity index (χ4v) is 2.40. The van der Waals surface area contributed by atoms with Crippen LogP contribution in [0.2, 0.25) is 0 Å².